The van der Waals surface area contributed by atoms with E-state index in [1.165, 1.54) is 24.8 Å². The van der Waals surface area contributed by atoms with Crippen molar-refractivity contribution in [2.24, 2.45) is 0 Å². The van der Waals surface area contributed by atoms with Crippen molar-refractivity contribution < 1.29 is 9.59 Å². The molecule has 0 bridgehead atoms. The SMILES string of the molecule is Cc1ccc(CN2C(=O)c3cc(C(C)(C)C)nn3C[C@]2(C)C(=O)NC2CCCCCCC2)cc1. The van der Waals surface area contributed by atoms with Gasteiger partial charge < -0.3 is 10.2 Å². The summed E-state index contributed by atoms with van der Waals surface area (Å²) in [5.74, 6) is -0.206. The van der Waals surface area contributed by atoms with Crippen molar-refractivity contribution >= 4 is 11.8 Å². The maximum Gasteiger partial charge on any atom is 0.273 e. The van der Waals surface area contributed by atoms with Crippen molar-refractivity contribution in [3.05, 3.63) is 52.8 Å². The highest BCUT2D eigenvalue weighted by Gasteiger charge is 2.48. The molecule has 0 spiro atoms. The van der Waals surface area contributed by atoms with Crippen LogP contribution in [0.2, 0.25) is 0 Å². The number of rotatable bonds is 4. The first-order valence-corrected chi connectivity index (χ1v) is 12.8. The smallest absolute Gasteiger partial charge is 0.273 e. The van der Waals surface area contributed by atoms with Crippen molar-refractivity contribution in [2.75, 3.05) is 0 Å². The van der Waals surface area contributed by atoms with Crippen molar-refractivity contribution in [1.82, 2.24) is 20.0 Å². The quantitative estimate of drug-likeness (QED) is 0.682. The summed E-state index contributed by atoms with van der Waals surface area (Å²) in [4.78, 5) is 29.4. The molecule has 0 saturated heterocycles. The van der Waals surface area contributed by atoms with E-state index in [4.69, 9.17) is 5.10 Å². The van der Waals surface area contributed by atoms with Gasteiger partial charge >= 0.3 is 0 Å². The van der Waals surface area contributed by atoms with Gasteiger partial charge in [0.05, 0.1) is 12.2 Å². The molecule has 1 aliphatic carbocycles. The fourth-order valence-electron chi connectivity index (χ4n) is 5.07. The molecular formula is C28H40N4O2. The molecule has 2 aliphatic rings. The van der Waals surface area contributed by atoms with Crippen LogP contribution in [0.1, 0.15) is 99.9 Å². The Morgan fingerprint density at radius 3 is 2.32 bits per heavy atom. The van der Waals surface area contributed by atoms with Crippen LogP contribution in [0, 0.1) is 6.92 Å². The lowest BCUT2D eigenvalue weighted by Crippen LogP contribution is -2.64. The number of benzene rings is 1. The van der Waals surface area contributed by atoms with Gasteiger partial charge in [-0.1, -0.05) is 82.7 Å². The number of carbonyl (C=O) groups excluding carboxylic acids is 2. The summed E-state index contributed by atoms with van der Waals surface area (Å²) >= 11 is 0. The largest absolute Gasteiger partial charge is 0.351 e. The minimum Gasteiger partial charge on any atom is -0.351 e. The number of hydrogen-bond donors (Lipinski definition) is 1. The fourth-order valence-corrected chi connectivity index (χ4v) is 5.07. The molecule has 184 valence electrons. The third-order valence-corrected chi connectivity index (χ3v) is 7.46. The van der Waals surface area contributed by atoms with Crippen molar-refractivity contribution in [3.63, 3.8) is 0 Å². The Morgan fingerprint density at radius 1 is 1.09 bits per heavy atom. The van der Waals surface area contributed by atoms with Gasteiger partial charge in [-0.25, -0.2) is 0 Å². The van der Waals surface area contributed by atoms with Crippen LogP contribution in [0.15, 0.2) is 30.3 Å². The first-order chi connectivity index (χ1) is 16.1. The highest BCUT2D eigenvalue weighted by Crippen LogP contribution is 2.32. The molecule has 1 aliphatic heterocycles. The van der Waals surface area contributed by atoms with E-state index < -0.39 is 5.54 Å². The van der Waals surface area contributed by atoms with Gasteiger partial charge in [0.1, 0.15) is 11.2 Å². The third-order valence-electron chi connectivity index (χ3n) is 7.46. The van der Waals surface area contributed by atoms with Crippen LogP contribution >= 0.6 is 0 Å². The van der Waals surface area contributed by atoms with Gasteiger partial charge in [0.15, 0.2) is 0 Å². The number of amides is 2. The maximum atomic E-state index is 13.9. The number of carbonyl (C=O) groups is 2. The van der Waals surface area contributed by atoms with Gasteiger partial charge in [-0.15, -0.1) is 0 Å². The summed E-state index contributed by atoms with van der Waals surface area (Å²) in [6.07, 6.45) is 8.05. The zero-order chi connectivity index (χ0) is 24.5. The van der Waals surface area contributed by atoms with E-state index in [0.29, 0.717) is 18.8 Å². The minimum absolute atomic E-state index is 0.0722. The van der Waals surface area contributed by atoms with Crippen LogP contribution in [0.5, 0.6) is 0 Å². The zero-order valence-electron chi connectivity index (χ0n) is 21.5. The van der Waals surface area contributed by atoms with Crippen molar-refractivity contribution in [2.45, 2.75) is 110 Å². The minimum atomic E-state index is -1.02. The second kappa shape index (κ2) is 9.55. The molecule has 1 saturated carbocycles. The number of nitrogens with one attached hydrogen (secondary N) is 1. The summed E-state index contributed by atoms with van der Waals surface area (Å²) in [6, 6.07) is 10.3. The molecule has 1 fully saturated rings. The normalized spacial score (nSPS) is 22.1. The third kappa shape index (κ3) is 5.06. The molecule has 1 atom stereocenters. The lowest BCUT2D eigenvalue weighted by Gasteiger charge is -2.44. The molecule has 6 nitrogen and oxygen atoms in total. The monoisotopic (exact) mass is 464 g/mol. The van der Waals surface area contributed by atoms with Gasteiger partial charge in [-0.2, -0.15) is 5.10 Å². The van der Waals surface area contributed by atoms with E-state index in [0.717, 1.165) is 36.9 Å². The fraction of sp³-hybridized carbons (Fsp3) is 0.607. The molecule has 2 heterocycles. The Labute approximate surface area is 204 Å². The summed E-state index contributed by atoms with van der Waals surface area (Å²) < 4.78 is 1.76. The predicted molar refractivity (Wildman–Crippen MR) is 135 cm³/mol. The molecule has 1 aromatic heterocycles. The molecule has 1 aromatic carbocycles. The highest BCUT2D eigenvalue weighted by molar-refractivity contribution is 5.99. The Bertz CT molecular complexity index is 1030. The highest BCUT2D eigenvalue weighted by atomic mass is 16.2. The lowest BCUT2D eigenvalue weighted by molar-refractivity contribution is -0.134. The lowest BCUT2D eigenvalue weighted by atomic mass is 9.91. The van der Waals surface area contributed by atoms with Crippen molar-refractivity contribution in [1.29, 1.82) is 0 Å². The van der Waals surface area contributed by atoms with Gasteiger partial charge in [-0.05, 0) is 38.3 Å². The molecule has 0 radical (unpaired) electrons. The van der Waals surface area contributed by atoms with Gasteiger partial charge in [0.2, 0.25) is 5.91 Å². The molecule has 34 heavy (non-hydrogen) atoms. The average Bonchev–Trinajstić information content (AvgIpc) is 3.18. The number of aromatic nitrogens is 2. The molecule has 1 N–H and O–H groups in total. The van der Waals surface area contributed by atoms with Crippen LogP contribution in [0.3, 0.4) is 0 Å². The Hall–Kier alpha value is -2.63. The molecule has 0 unspecified atom stereocenters. The second-order valence-corrected chi connectivity index (χ2v) is 11.5. The van der Waals surface area contributed by atoms with Crippen molar-refractivity contribution in [3.8, 4) is 0 Å². The predicted octanol–water partition coefficient (Wildman–Crippen LogP) is 5.13. The van der Waals surface area contributed by atoms with Crippen LogP contribution in [-0.4, -0.2) is 38.1 Å². The molecule has 2 aromatic rings. The number of aryl methyl sites for hydroxylation is 1. The molecule has 2 amide bonds. The van der Waals surface area contributed by atoms with E-state index in [-0.39, 0.29) is 23.3 Å². The van der Waals surface area contributed by atoms with Crippen LogP contribution in [0.4, 0.5) is 0 Å². The van der Waals surface area contributed by atoms with Gasteiger partial charge in [-0.3, -0.25) is 14.3 Å². The second-order valence-electron chi connectivity index (χ2n) is 11.5. The van der Waals surface area contributed by atoms with Crippen LogP contribution < -0.4 is 5.32 Å². The van der Waals surface area contributed by atoms with E-state index in [9.17, 15) is 9.59 Å². The first-order valence-electron chi connectivity index (χ1n) is 12.8. The Kier molecular flexibility index (Phi) is 6.88. The Balaban J connectivity index is 1.67. The summed E-state index contributed by atoms with van der Waals surface area (Å²) in [5, 5.41) is 8.10. The van der Waals surface area contributed by atoms with E-state index in [2.05, 4.69) is 45.1 Å². The van der Waals surface area contributed by atoms with Crippen LogP contribution in [-0.2, 0) is 23.3 Å². The van der Waals surface area contributed by atoms with Gasteiger partial charge in [0.25, 0.3) is 5.91 Å². The first kappa shape index (κ1) is 24.5. The zero-order valence-corrected chi connectivity index (χ0v) is 21.5. The van der Waals surface area contributed by atoms with Gasteiger partial charge in [0, 0.05) is 18.0 Å². The summed E-state index contributed by atoms with van der Waals surface area (Å²) in [7, 11) is 0. The molecule has 6 heteroatoms. The maximum absolute atomic E-state index is 13.9. The molecule has 4 rings (SSSR count). The average molecular weight is 465 g/mol. The summed E-state index contributed by atoms with van der Waals surface area (Å²) in [5.41, 5.74) is 2.44. The van der Waals surface area contributed by atoms with E-state index >= 15 is 0 Å². The topological polar surface area (TPSA) is 67.2 Å². The molecular weight excluding hydrogens is 424 g/mol. The standard InChI is InChI=1S/C28H40N4O2/c1-20-13-15-21(16-14-20)18-31-25(33)23-17-24(27(2,3)4)30-32(23)19-28(31,5)26(34)29-22-11-9-7-6-8-10-12-22/h13-17,22H,6-12,18-19H2,1-5H3,(H,29,34)/t28-/m1/s1. The van der Waals surface area contributed by atoms with Crippen LogP contribution in [0.25, 0.3) is 0 Å². The number of nitrogens with zero attached hydrogens (tertiary/aromatic N) is 3. The van der Waals surface area contributed by atoms with E-state index in [1.54, 1.807) is 9.58 Å². The number of fused-ring (bicyclic) bond motifs is 1. The Morgan fingerprint density at radius 2 is 1.71 bits per heavy atom. The summed E-state index contributed by atoms with van der Waals surface area (Å²) in [6.45, 7) is 11.0. The van der Waals surface area contributed by atoms with E-state index in [1.807, 2.05) is 25.1 Å². The number of hydrogen-bond acceptors (Lipinski definition) is 3.